The average molecular weight is 630 g/mol. The van der Waals surface area contributed by atoms with E-state index in [-0.39, 0.29) is 57.9 Å². The van der Waals surface area contributed by atoms with E-state index in [0.717, 1.165) is 16.0 Å². The third-order valence-electron chi connectivity index (χ3n) is 7.29. The van der Waals surface area contributed by atoms with Gasteiger partial charge in [0.1, 0.15) is 12.4 Å². The van der Waals surface area contributed by atoms with Gasteiger partial charge in [-0.3, -0.25) is 9.59 Å². The summed E-state index contributed by atoms with van der Waals surface area (Å²) in [6.45, 7) is 0.461. The largest absolute Gasteiger partial charge is 0.491 e. The van der Waals surface area contributed by atoms with Crippen molar-refractivity contribution in [2.24, 2.45) is 11.1 Å². The zero-order valence-corrected chi connectivity index (χ0v) is 24.3. The Balaban J connectivity index is 1.59. The van der Waals surface area contributed by atoms with Crippen LogP contribution in [0.1, 0.15) is 41.8 Å². The lowest BCUT2D eigenvalue weighted by Crippen LogP contribution is -2.48. The second kappa shape index (κ2) is 13.0. The number of alkyl halides is 3. The fraction of sp³-hybridized carbons (Fsp3) is 0.379. The third kappa shape index (κ3) is 7.54. The quantitative estimate of drug-likeness (QED) is 0.248. The summed E-state index contributed by atoms with van der Waals surface area (Å²) in [6.07, 6.45) is -5.03. The molecular formula is C29H29Cl2F3N2O4S. The van der Waals surface area contributed by atoms with E-state index >= 15 is 0 Å². The summed E-state index contributed by atoms with van der Waals surface area (Å²) in [5.41, 5.74) is 6.85. The van der Waals surface area contributed by atoms with Crippen LogP contribution in [0.25, 0.3) is 21.6 Å². The van der Waals surface area contributed by atoms with Gasteiger partial charge in [0.15, 0.2) is 0 Å². The molecule has 0 unspecified atom stereocenters. The summed E-state index contributed by atoms with van der Waals surface area (Å²) in [4.78, 5) is 28.7. The molecule has 1 aromatic heterocycles. The highest BCUT2D eigenvalue weighted by molar-refractivity contribution is 7.18. The van der Waals surface area contributed by atoms with Crippen LogP contribution in [0.15, 0.2) is 48.5 Å². The number of hydrogen-bond donors (Lipinski definition) is 2. The Kier molecular flexibility index (Phi) is 9.89. The molecule has 3 N–H and O–H groups in total. The topological polar surface area (TPSA) is 92.9 Å². The fourth-order valence-corrected chi connectivity index (χ4v) is 6.77. The molecule has 0 atom stereocenters. The van der Waals surface area contributed by atoms with Crippen molar-refractivity contribution in [3.63, 3.8) is 0 Å². The summed E-state index contributed by atoms with van der Waals surface area (Å²) >= 11 is 13.9. The predicted molar refractivity (Wildman–Crippen MR) is 154 cm³/mol. The van der Waals surface area contributed by atoms with Crippen LogP contribution in [0.4, 0.5) is 13.2 Å². The summed E-state index contributed by atoms with van der Waals surface area (Å²) in [7, 11) is 0. The Morgan fingerprint density at radius 1 is 1.05 bits per heavy atom. The minimum Gasteiger partial charge on any atom is -0.491 e. The zero-order chi connectivity index (χ0) is 29.8. The molecule has 12 heteroatoms. The SMILES string of the molecule is NC(=O)C1(CCCC(F)(F)F)CCN(C(=O)c2cc(-c3ccc(OCCO)cc3)c(-c3ccc(Cl)cc3Cl)s2)CC1. The van der Waals surface area contributed by atoms with Crippen LogP contribution >= 0.6 is 34.5 Å². The number of likely N-dealkylation sites (tertiary alicyclic amines) is 1. The molecule has 1 aliphatic rings. The molecular weight excluding hydrogens is 600 g/mol. The molecule has 2 amide bonds. The number of hydrogen-bond acceptors (Lipinski definition) is 5. The number of piperidine rings is 1. The number of carbonyl (C=O) groups is 2. The van der Waals surface area contributed by atoms with Crippen molar-refractivity contribution >= 4 is 46.4 Å². The van der Waals surface area contributed by atoms with Gasteiger partial charge in [-0.15, -0.1) is 11.3 Å². The Labute approximate surface area is 249 Å². The van der Waals surface area contributed by atoms with Crippen molar-refractivity contribution in [2.45, 2.75) is 38.3 Å². The van der Waals surface area contributed by atoms with Gasteiger partial charge in [0, 0.05) is 40.5 Å². The van der Waals surface area contributed by atoms with E-state index in [2.05, 4.69) is 0 Å². The normalized spacial score (nSPS) is 15.1. The molecule has 3 aromatic rings. The van der Waals surface area contributed by atoms with Gasteiger partial charge < -0.3 is 20.5 Å². The maximum atomic E-state index is 13.6. The number of carbonyl (C=O) groups excluding carboxylic acids is 2. The van der Waals surface area contributed by atoms with Crippen molar-refractivity contribution in [1.82, 2.24) is 4.90 Å². The molecule has 6 nitrogen and oxygen atoms in total. The Morgan fingerprint density at radius 2 is 1.73 bits per heavy atom. The second-order valence-corrected chi connectivity index (χ2v) is 11.9. The molecule has 2 heterocycles. The van der Waals surface area contributed by atoms with Gasteiger partial charge in [-0.05, 0) is 61.6 Å². The monoisotopic (exact) mass is 628 g/mol. The number of amides is 2. The standard InChI is InChI=1S/C29H29Cl2F3N2O4S/c30-19-4-7-21(23(31)16-19)25-22(18-2-5-20(6-3-18)40-15-14-37)17-24(41-25)26(38)36-12-10-28(11-13-36,27(35)39)8-1-9-29(32,33)34/h2-7,16-17,37H,1,8-15H2,(H2,35,39). The van der Waals surface area contributed by atoms with Gasteiger partial charge in [-0.25, -0.2) is 0 Å². The predicted octanol–water partition coefficient (Wildman–Crippen LogP) is 7.20. The number of ether oxygens (including phenoxy) is 1. The molecule has 0 saturated carbocycles. The number of aliphatic hydroxyl groups is 1. The lowest BCUT2D eigenvalue weighted by atomic mass is 9.74. The van der Waals surface area contributed by atoms with E-state index < -0.39 is 23.9 Å². The molecule has 1 fully saturated rings. The van der Waals surface area contributed by atoms with Gasteiger partial charge in [0.05, 0.1) is 21.9 Å². The number of rotatable bonds is 10. The van der Waals surface area contributed by atoms with Crippen LogP contribution < -0.4 is 10.5 Å². The van der Waals surface area contributed by atoms with E-state index in [1.54, 1.807) is 41.3 Å². The summed E-state index contributed by atoms with van der Waals surface area (Å²) in [5, 5.41) is 9.90. The number of nitrogens with two attached hydrogens (primary N) is 1. The lowest BCUT2D eigenvalue weighted by molar-refractivity contribution is -0.141. The number of benzene rings is 2. The number of halogens is 5. The van der Waals surface area contributed by atoms with E-state index in [9.17, 15) is 22.8 Å². The summed E-state index contributed by atoms with van der Waals surface area (Å²) < 4.78 is 43.5. The van der Waals surface area contributed by atoms with Crippen molar-refractivity contribution in [1.29, 1.82) is 0 Å². The van der Waals surface area contributed by atoms with Gasteiger partial charge in [0.25, 0.3) is 5.91 Å². The minimum atomic E-state index is -4.30. The molecule has 0 bridgehead atoms. The number of aliphatic hydroxyl groups excluding tert-OH is 1. The lowest BCUT2D eigenvalue weighted by Gasteiger charge is -2.39. The molecule has 4 rings (SSSR count). The molecule has 2 aromatic carbocycles. The number of thiophene rings is 1. The highest BCUT2D eigenvalue weighted by Crippen LogP contribution is 2.44. The molecule has 1 saturated heterocycles. The highest BCUT2D eigenvalue weighted by Gasteiger charge is 2.42. The van der Waals surface area contributed by atoms with Crippen LogP contribution in [0.2, 0.25) is 10.0 Å². The number of nitrogens with zero attached hydrogens (tertiary/aromatic N) is 1. The van der Waals surface area contributed by atoms with Gasteiger partial charge in [-0.1, -0.05) is 41.4 Å². The second-order valence-electron chi connectivity index (χ2n) is 9.98. The molecule has 0 aliphatic carbocycles. The van der Waals surface area contributed by atoms with E-state index in [0.29, 0.717) is 26.2 Å². The molecule has 220 valence electrons. The maximum Gasteiger partial charge on any atom is 0.389 e. The summed E-state index contributed by atoms with van der Waals surface area (Å²) in [5.74, 6) is -0.290. The van der Waals surface area contributed by atoms with E-state index in [1.165, 1.54) is 11.3 Å². The first kappa shape index (κ1) is 31.2. The van der Waals surface area contributed by atoms with E-state index in [1.807, 2.05) is 12.1 Å². The number of primary amides is 1. The average Bonchev–Trinajstić information content (AvgIpc) is 3.36. The van der Waals surface area contributed by atoms with Crippen LogP contribution in [-0.4, -0.2) is 54.3 Å². The first-order chi connectivity index (χ1) is 19.4. The van der Waals surface area contributed by atoms with Crippen LogP contribution in [0.3, 0.4) is 0 Å². The van der Waals surface area contributed by atoms with E-state index in [4.69, 9.17) is 38.8 Å². The van der Waals surface area contributed by atoms with Crippen LogP contribution in [-0.2, 0) is 4.79 Å². The van der Waals surface area contributed by atoms with Gasteiger partial charge in [-0.2, -0.15) is 13.2 Å². The Bertz CT molecular complexity index is 1390. The molecule has 0 radical (unpaired) electrons. The van der Waals surface area contributed by atoms with Gasteiger partial charge >= 0.3 is 6.18 Å². The minimum absolute atomic E-state index is 0.0320. The summed E-state index contributed by atoms with van der Waals surface area (Å²) in [6, 6.07) is 14.1. The Morgan fingerprint density at radius 3 is 2.32 bits per heavy atom. The van der Waals surface area contributed by atoms with Gasteiger partial charge in [0.2, 0.25) is 5.91 Å². The van der Waals surface area contributed by atoms with Crippen molar-refractivity contribution < 1.29 is 32.6 Å². The van der Waals surface area contributed by atoms with Crippen molar-refractivity contribution in [3.8, 4) is 27.3 Å². The smallest absolute Gasteiger partial charge is 0.389 e. The molecule has 41 heavy (non-hydrogen) atoms. The fourth-order valence-electron chi connectivity index (χ4n) is 5.02. The first-order valence-corrected chi connectivity index (χ1v) is 14.6. The maximum absolute atomic E-state index is 13.6. The van der Waals surface area contributed by atoms with Crippen LogP contribution in [0, 0.1) is 5.41 Å². The van der Waals surface area contributed by atoms with Crippen molar-refractivity contribution in [3.05, 3.63) is 63.5 Å². The molecule has 1 aliphatic heterocycles. The van der Waals surface area contributed by atoms with Crippen molar-refractivity contribution in [2.75, 3.05) is 26.3 Å². The first-order valence-electron chi connectivity index (χ1n) is 13.0. The third-order valence-corrected chi connectivity index (χ3v) is 8.99. The Hall–Kier alpha value is -2.79. The highest BCUT2D eigenvalue weighted by atomic mass is 35.5. The molecule has 0 spiro atoms. The van der Waals surface area contributed by atoms with Crippen LogP contribution in [0.5, 0.6) is 5.75 Å². The zero-order valence-electron chi connectivity index (χ0n) is 22.0.